The number of nitrogens with zero attached hydrogens (tertiary/aromatic N) is 1. The van der Waals surface area contributed by atoms with Gasteiger partial charge in [0.1, 0.15) is 0 Å². The van der Waals surface area contributed by atoms with Crippen molar-refractivity contribution in [2.24, 2.45) is 5.92 Å². The Morgan fingerprint density at radius 3 is 2.72 bits per heavy atom. The Hall–Kier alpha value is -1.08. The van der Waals surface area contributed by atoms with Crippen LogP contribution in [0.4, 0.5) is 0 Å². The fourth-order valence-corrected chi connectivity index (χ4v) is 4.08. The van der Waals surface area contributed by atoms with Gasteiger partial charge in [0.25, 0.3) is 0 Å². The van der Waals surface area contributed by atoms with E-state index in [9.17, 15) is 0 Å². The molecule has 0 amide bonds. The number of allylic oxidation sites excluding steroid dienone is 1. The smallest absolute Gasteiger partial charge is 0.0284 e. The first-order chi connectivity index (χ1) is 8.92. The molecule has 1 saturated heterocycles. The SMILES string of the molecule is C1=C2c3ccccc3CC2CCC1N1CCCC1. The Bertz CT molecular complexity index is 482. The molecule has 94 valence electrons. The summed E-state index contributed by atoms with van der Waals surface area (Å²) in [6.07, 6.45) is 9.46. The zero-order chi connectivity index (χ0) is 11.9. The molecule has 0 saturated carbocycles. The van der Waals surface area contributed by atoms with Crippen molar-refractivity contribution in [3.8, 4) is 0 Å². The molecule has 1 aromatic carbocycles. The van der Waals surface area contributed by atoms with Crippen LogP contribution in [0, 0.1) is 5.92 Å². The van der Waals surface area contributed by atoms with Gasteiger partial charge in [0.15, 0.2) is 0 Å². The van der Waals surface area contributed by atoms with E-state index in [1.165, 1.54) is 45.2 Å². The van der Waals surface area contributed by atoms with E-state index in [-0.39, 0.29) is 0 Å². The van der Waals surface area contributed by atoms with Gasteiger partial charge in [-0.05, 0) is 67.8 Å². The molecule has 0 N–H and O–H groups in total. The number of fused-ring (bicyclic) bond motifs is 3. The first kappa shape index (κ1) is 10.8. The van der Waals surface area contributed by atoms with E-state index in [4.69, 9.17) is 0 Å². The summed E-state index contributed by atoms with van der Waals surface area (Å²) in [6, 6.07) is 9.76. The molecule has 18 heavy (non-hydrogen) atoms. The van der Waals surface area contributed by atoms with E-state index in [2.05, 4.69) is 35.2 Å². The lowest BCUT2D eigenvalue weighted by atomic mass is 9.85. The molecule has 1 aromatic rings. The molecule has 4 rings (SSSR count). The normalized spacial score (nSPS) is 31.0. The average molecular weight is 239 g/mol. The zero-order valence-electron chi connectivity index (χ0n) is 10.9. The van der Waals surface area contributed by atoms with Crippen LogP contribution in [0.15, 0.2) is 30.3 Å². The van der Waals surface area contributed by atoms with Crippen molar-refractivity contribution in [3.05, 3.63) is 41.5 Å². The van der Waals surface area contributed by atoms with Crippen LogP contribution in [0.2, 0.25) is 0 Å². The average Bonchev–Trinajstić information content (AvgIpc) is 3.05. The third-order valence-electron chi connectivity index (χ3n) is 5.03. The maximum absolute atomic E-state index is 2.70. The summed E-state index contributed by atoms with van der Waals surface area (Å²) in [4.78, 5) is 2.70. The van der Waals surface area contributed by atoms with Crippen molar-refractivity contribution in [2.75, 3.05) is 13.1 Å². The first-order valence-electron chi connectivity index (χ1n) is 7.46. The van der Waals surface area contributed by atoms with Gasteiger partial charge in [0.05, 0.1) is 0 Å². The predicted octanol–water partition coefficient (Wildman–Crippen LogP) is 3.50. The van der Waals surface area contributed by atoms with Crippen LogP contribution in [-0.4, -0.2) is 24.0 Å². The van der Waals surface area contributed by atoms with Crippen molar-refractivity contribution in [3.63, 3.8) is 0 Å². The topological polar surface area (TPSA) is 3.24 Å². The molecule has 0 bridgehead atoms. The van der Waals surface area contributed by atoms with Gasteiger partial charge in [-0.2, -0.15) is 0 Å². The first-order valence-corrected chi connectivity index (χ1v) is 7.46. The number of hydrogen-bond acceptors (Lipinski definition) is 1. The lowest BCUT2D eigenvalue weighted by Crippen LogP contribution is -2.33. The van der Waals surface area contributed by atoms with Crippen LogP contribution in [0.1, 0.15) is 36.8 Å². The maximum atomic E-state index is 2.70. The minimum atomic E-state index is 0.727. The third-order valence-corrected chi connectivity index (χ3v) is 5.03. The van der Waals surface area contributed by atoms with Crippen molar-refractivity contribution < 1.29 is 0 Å². The molecular formula is C17H21N. The van der Waals surface area contributed by atoms with Gasteiger partial charge in [-0.3, -0.25) is 4.90 Å². The summed E-state index contributed by atoms with van der Waals surface area (Å²) in [7, 11) is 0. The molecule has 0 radical (unpaired) electrons. The van der Waals surface area contributed by atoms with Crippen LogP contribution >= 0.6 is 0 Å². The Labute approximate surface area is 109 Å². The fourth-order valence-electron chi connectivity index (χ4n) is 4.08. The second-order valence-electron chi connectivity index (χ2n) is 6.07. The van der Waals surface area contributed by atoms with Crippen molar-refractivity contribution in [2.45, 2.75) is 38.1 Å². The number of rotatable bonds is 1. The monoisotopic (exact) mass is 239 g/mol. The highest BCUT2D eigenvalue weighted by Gasteiger charge is 2.33. The third kappa shape index (κ3) is 1.65. The van der Waals surface area contributed by atoms with E-state index in [1.807, 2.05) is 0 Å². The summed E-state index contributed by atoms with van der Waals surface area (Å²) < 4.78 is 0. The molecule has 3 aliphatic rings. The molecule has 2 atom stereocenters. The molecular weight excluding hydrogens is 218 g/mol. The molecule has 2 aliphatic carbocycles. The minimum absolute atomic E-state index is 0.727. The van der Waals surface area contributed by atoms with Gasteiger partial charge in [0, 0.05) is 6.04 Å². The fraction of sp³-hybridized carbons (Fsp3) is 0.529. The molecule has 1 nitrogen and oxygen atoms in total. The van der Waals surface area contributed by atoms with E-state index in [0.717, 1.165) is 12.0 Å². The molecule has 1 heterocycles. The minimum Gasteiger partial charge on any atom is -0.297 e. The maximum Gasteiger partial charge on any atom is 0.0284 e. The Morgan fingerprint density at radius 2 is 1.83 bits per heavy atom. The van der Waals surface area contributed by atoms with Gasteiger partial charge < -0.3 is 0 Å². The largest absolute Gasteiger partial charge is 0.297 e. The van der Waals surface area contributed by atoms with Crippen LogP contribution in [0.25, 0.3) is 5.57 Å². The standard InChI is InChI=1S/C17H21N/c1-2-6-16-13(5-1)11-14-7-8-15(12-17(14)16)18-9-3-4-10-18/h1-2,5-6,12,14-15H,3-4,7-11H2. The molecule has 1 heteroatoms. The van der Waals surface area contributed by atoms with Crippen LogP contribution in [0.5, 0.6) is 0 Å². The second kappa shape index (κ2) is 4.24. The predicted molar refractivity (Wildman–Crippen MR) is 75.4 cm³/mol. The van der Waals surface area contributed by atoms with Crippen molar-refractivity contribution in [1.82, 2.24) is 4.90 Å². The van der Waals surface area contributed by atoms with E-state index in [0.29, 0.717) is 0 Å². The Morgan fingerprint density at radius 1 is 1.00 bits per heavy atom. The van der Waals surface area contributed by atoms with E-state index < -0.39 is 0 Å². The summed E-state index contributed by atoms with van der Waals surface area (Å²) in [6.45, 7) is 2.64. The Kier molecular flexibility index (Phi) is 2.54. The highest BCUT2D eigenvalue weighted by Crippen LogP contribution is 2.43. The molecule has 0 spiro atoms. The van der Waals surface area contributed by atoms with Crippen LogP contribution in [-0.2, 0) is 6.42 Å². The molecule has 1 aliphatic heterocycles. The lowest BCUT2D eigenvalue weighted by Gasteiger charge is -2.31. The summed E-state index contributed by atoms with van der Waals surface area (Å²) in [5.41, 5.74) is 4.79. The Balaban J connectivity index is 1.68. The molecule has 0 aromatic heterocycles. The highest BCUT2D eigenvalue weighted by molar-refractivity contribution is 5.75. The second-order valence-corrected chi connectivity index (χ2v) is 6.07. The molecule has 1 fully saturated rings. The van der Waals surface area contributed by atoms with E-state index >= 15 is 0 Å². The number of likely N-dealkylation sites (tertiary alicyclic amines) is 1. The van der Waals surface area contributed by atoms with Gasteiger partial charge in [-0.1, -0.05) is 30.3 Å². The summed E-state index contributed by atoms with van der Waals surface area (Å²) in [5, 5.41) is 0. The lowest BCUT2D eigenvalue weighted by molar-refractivity contribution is 0.256. The van der Waals surface area contributed by atoms with Gasteiger partial charge >= 0.3 is 0 Å². The number of benzene rings is 1. The van der Waals surface area contributed by atoms with Crippen LogP contribution < -0.4 is 0 Å². The highest BCUT2D eigenvalue weighted by atomic mass is 15.2. The van der Waals surface area contributed by atoms with Crippen molar-refractivity contribution in [1.29, 1.82) is 0 Å². The van der Waals surface area contributed by atoms with Gasteiger partial charge in [-0.15, -0.1) is 0 Å². The van der Waals surface area contributed by atoms with Gasteiger partial charge in [0.2, 0.25) is 0 Å². The zero-order valence-corrected chi connectivity index (χ0v) is 10.9. The summed E-state index contributed by atoms with van der Waals surface area (Å²) in [5.74, 6) is 0.821. The van der Waals surface area contributed by atoms with Crippen molar-refractivity contribution >= 4 is 5.57 Å². The van der Waals surface area contributed by atoms with E-state index in [1.54, 1.807) is 16.7 Å². The van der Waals surface area contributed by atoms with Gasteiger partial charge in [-0.25, -0.2) is 0 Å². The van der Waals surface area contributed by atoms with Crippen LogP contribution in [0.3, 0.4) is 0 Å². The summed E-state index contributed by atoms with van der Waals surface area (Å²) >= 11 is 0. The number of hydrogen-bond donors (Lipinski definition) is 0. The molecule has 2 unspecified atom stereocenters. The quantitative estimate of drug-likeness (QED) is 0.725.